The Labute approximate surface area is 167 Å². The molecule has 2 heterocycles. The first-order chi connectivity index (χ1) is 13.2. The molecule has 0 spiro atoms. The zero-order chi connectivity index (χ0) is 20.2. The van der Waals surface area contributed by atoms with Gasteiger partial charge in [-0.2, -0.15) is 0 Å². The molecule has 1 N–H and O–H groups in total. The molecule has 1 aromatic heterocycles. The molecule has 0 saturated carbocycles. The van der Waals surface area contributed by atoms with Gasteiger partial charge in [-0.3, -0.25) is 9.88 Å². The van der Waals surface area contributed by atoms with Gasteiger partial charge in [0.15, 0.2) is 0 Å². The molecule has 0 unspecified atom stereocenters. The number of hydrogen-bond donors (Lipinski definition) is 1. The molecule has 0 amide bonds. The summed E-state index contributed by atoms with van der Waals surface area (Å²) in [6, 6.07) is 7.89. The van der Waals surface area contributed by atoms with Gasteiger partial charge in [0.25, 0.3) is 0 Å². The summed E-state index contributed by atoms with van der Waals surface area (Å²) < 4.78 is 11.8. The lowest BCUT2D eigenvalue weighted by molar-refractivity contribution is -0.0541. The monoisotopic (exact) mass is 385 g/mol. The van der Waals surface area contributed by atoms with Crippen LogP contribution in [0.1, 0.15) is 44.9 Å². The van der Waals surface area contributed by atoms with Gasteiger partial charge in [-0.05, 0) is 52.2 Å². The lowest BCUT2D eigenvalue weighted by Crippen LogP contribution is -2.47. The van der Waals surface area contributed by atoms with E-state index in [0.717, 1.165) is 30.1 Å². The van der Waals surface area contributed by atoms with Crippen LogP contribution in [0.25, 0.3) is 0 Å². The number of para-hydroxylation sites is 1. The molecule has 28 heavy (non-hydrogen) atoms. The van der Waals surface area contributed by atoms with E-state index in [9.17, 15) is 5.11 Å². The van der Waals surface area contributed by atoms with Gasteiger partial charge in [0.2, 0.25) is 5.88 Å². The number of aromatic nitrogens is 2. The van der Waals surface area contributed by atoms with Crippen LogP contribution in [0.4, 0.5) is 0 Å². The average Bonchev–Trinajstić information content (AvgIpc) is 2.64. The van der Waals surface area contributed by atoms with Crippen molar-refractivity contribution in [3.63, 3.8) is 0 Å². The number of ether oxygens (including phenoxy) is 2. The highest BCUT2D eigenvalue weighted by atomic mass is 16.5. The normalized spacial score (nSPS) is 17.3. The lowest BCUT2D eigenvalue weighted by atomic mass is 9.92. The van der Waals surface area contributed by atoms with Crippen LogP contribution in [-0.2, 0) is 6.54 Å². The van der Waals surface area contributed by atoms with Gasteiger partial charge < -0.3 is 14.6 Å². The van der Waals surface area contributed by atoms with E-state index in [-0.39, 0.29) is 5.60 Å². The third-order valence-electron chi connectivity index (χ3n) is 4.89. The van der Waals surface area contributed by atoms with Gasteiger partial charge in [0.05, 0.1) is 0 Å². The number of nitrogens with zero attached hydrogens (tertiary/aromatic N) is 3. The van der Waals surface area contributed by atoms with Crippen LogP contribution < -0.4 is 9.47 Å². The number of piperidine rings is 1. The highest BCUT2D eigenvalue weighted by Gasteiger charge is 2.33. The Morgan fingerprint density at radius 3 is 2.46 bits per heavy atom. The first-order valence-corrected chi connectivity index (χ1v) is 9.86. The Balaban J connectivity index is 1.55. The molecule has 1 aliphatic rings. The fraction of sp³-hybridized carbons (Fsp3) is 0.545. The summed E-state index contributed by atoms with van der Waals surface area (Å²) in [6.07, 6.45) is 4.67. The zero-order valence-electron chi connectivity index (χ0n) is 17.3. The summed E-state index contributed by atoms with van der Waals surface area (Å²) in [5.41, 5.74) is 0.794. The van der Waals surface area contributed by atoms with Crippen LogP contribution in [0.3, 0.4) is 0 Å². The summed E-state index contributed by atoms with van der Waals surface area (Å²) in [5.74, 6) is 1.42. The molecule has 152 valence electrons. The summed E-state index contributed by atoms with van der Waals surface area (Å²) in [4.78, 5) is 11.1. The molecule has 3 rings (SSSR count). The Bertz CT molecular complexity index is 781. The van der Waals surface area contributed by atoms with Crippen LogP contribution >= 0.6 is 0 Å². The van der Waals surface area contributed by atoms with E-state index < -0.39 is 5.60 Å². The maximum atomic E-state index is 10.9. The van der Waals surface area contributed by atoms with Crippen molar-refractivity contribution in [3.05, 3.63) is 47.9 Å². The molecule has 1 aliphatic heterocycles. The highest BCUT2D eigenvalue weighted by molar-refractivity contribution is 5.31. The SMILES string of the molecule is Cc1ccccc1OCC1(O)CCN(Cc2nccnc2OC(C)(C)C)CC1. The number of aliphatic hydroxyl groups is 1. The second-order valence-electron chi connectivity index (χ2n) is 8.58. The molecule has 0 atom stereocenters. The predicted molar refractivity (Wildman–Crippen MR) is 109 cm³/mol. The van der Waals surface area contributed by atoms with E-state index in [4.69, 9.17) is 9.47 Å². The first-order valence-electron chi connectivity index (χ1n) is 9.86. The molecule has 1 saturated heterocycles. The van der Waals surface area contributed by atoms with Gasteiger partial charge in [0, 0.05) is 32.0 Å². The van der Waals surface area contributed by atoms with E-state index in [1.807, 2.05) is 52.0 Å². The Morgan fingerprint density at radius 2 is 1.79 bits per heavy atom. The highest BCUT2D eigenvalue weighted by Crippen LogP contribution is 2.27. The largest absolute Gasteiger partial charge is 0.490 e. The molecule has 0 radical (unpaired) electrons. The van der Waals surface area contributed by atoms with Crippen molar-refractivity contribution in [2.24, 2.45) is 0 Å². The lowest BCUT2D eigenvalue weighted by Gasteiger charge is -2.38. The summed E-state index contributed by atoms with van der Waals surface area (Å²) in [7, 11) is 0. The van der Waals surface area contributed by atoms with Crippen molar-refractivity contribution in [1.29, 1.82) is 0 Å². The Hall–Kier alpha value is -2.18. The predicted octanol–water partition coefficient (Wildman–Crippen LogP) is 3.37. The molecule has 6 heteroatoms. The molecule has 1 fully saturated rings. The molecule has 6 nitrogen and oxygen atoms in total. The van der Waals surface area contributed by atoms with E-state index in [1.54, 1.807) is 12.4 Å². The van der Waals surface area contributed by atoms with Gasteiger partial charge in [0.1, 0.15) is 29.3 Å². The fourth-order valence-corrected chi connectivity index (χ4v) is 3.25. The maximum Gasteiger partial charge on any atom is 0.237 e. The molecule has 2 aromatic rings. The minimum Gasteiger partial charge on any atom is -0.490 e. The second kappa shape index (κ2) is 8.45. The third kappa shape index (κ3) is 5.66. The van der Waals surface area contributed by atoms with E-state index in [1.165, 1.54) is 0 Å². The van der Waals surface area contributed by atoms with Gasteiger partial charge in [-0.1, -0.05) is 18.2 Å². The van der Waals surface area contributed by atoms with Crippen LogP contribution in [0.15, 0.2) is 36.7 Å². The number of likely N-dealkylation sites (tertiary alicyclic amines) is 1. The van der Waals surface area contributed by atoms with Gasteiger partial charge in [-0.25, -0.2) is 4.98 Å². The van der Waals surface area contributed by atoms with Crippen LogP contribution in [-0.4, -0.2) is 50.9 Å². The van der Waals surface area contributed by atoms with Crippen molar-refractivity contribution < 1.29 is 14.6 Å². The second-order valence-corrected chi connectivity index (χ2v) is 8.58. The number of rotatable bonds is 6. The third-order valence-corrected chi connectivity index (χ3v) is 4.89. The molecule has 1 aromatic carbocycles. The van der Waals surface area contributed by atoms with Crippen LogP contribution in [0.5, 0.6) is 11.6 Å². The number of aryl methyl sites for hydroxylation is 1. The van der Waals surface area contributed by atoms with Crippen LogP contribution in [0, 0.1) is 6.92 Å². The van der Waals surface area contributed by atoms with Crippen molar-refractivity contribution >= 4 is 0 Å². The molecular formula is C22H31N3O3. The van der Waals surface area contributed by atoms with Gasteiger partial charge >= 0.3 is 0 Å². The first kappa shape index (κ1) is 20.6. The van der Waals surface area contributed by atoms with E-state index >= 15 is 0 Å². The average molecular weight is 386 g/mol. The molecule has 0 bridgehead atoms. The topological polar surface area (TPSA) is 67.7 Å². The number of benzene rings is 1. The zero-order valence-corrected chi connectivity index (χ0v) is 17.3. The minimum absolute atomic E-state index is 0.315. The van der Waals surface area contributed by atoms with Crippen molar-refractivity contribution in [2.75, 3.05) is 19.7 Å². The summed E-state index contributed by atoms with van der Waals surface area (Å²) in [6.45, 7) is 10.5. The fourth-order valence-electron chi connectivity index (χ4n) is 3.25. The van der Waals surface area contributed by atoms with Crippen molar-refractivity contribution in [3.8, 4) is 11.6 Å². The smallest absolute Gasteiger partial charge is 0.237 e. The molecule has 0 aliphatic carbocycles. The number of hydrogen-bond acceptors (Lipinski definition) is 6. The van der Waals surface area contributed by atoms with E-state index in [2.05, 4.69) is 14.9 Å². The quantitative estimate of drug-likeness (QED) is 0.822. The van der Waals surface area contributed by atoms with Crippen molar-refractivity contribution in [1.82, 2.24) is 14.9 Å². The maximum absolute atomic E-state index is 10.9. The van der Waals surface area contributed by atoms with Gasteiger partial charge in [-0.15, -0.1) is 0 Å². The van der Waals surface area contributed by atoms with E-state index in [0.29, 0.717) is 31.9 Å². The van der Waals surface area contributed by atoms with Crippen molar-refractivity contribution in [2.45, 2.75) is 58.3 Å². The van der Waals surface area contributed by atoms with Crippen LogP contribution in [0.2, 0.25) is 0 Å². The summed E-state index contributed by atoms with van der Waals surface area (Å²) >= 11 is 0. The summed E-state index contributed by atoms with van der Waals surface area (Å²) in [5, 5.41) is 10.9. The standard InChI is InChI=1S/C22H31N3O3/c1-17-7-5-6-8-19(17)27-16-22(26)9-13-25(14-10-22)15-18-20(24-12-11-23-18)28-21(2,3)4/h5-8,11-12,26H,9-10,13-16H2,1-4H3. The Morgan fingerprint density at radius 1 is 1.11 bits per heavy atom. The molecular weight excluding hydrogens is 354 g/mol. The minimum atomic E-state index is -0.800. The Kier molecular flexibility index (Phi) is 6.20.